The molecule has 2 N–H and O–H groups in total. The molecule has 6 heteroatoms. The van der Waals surface area contributed by atoms with Gasteiger partial charge >= 0.3 is 0 Å². The highest BCUT2D eigenvalue weighted by molar-refractivity contribution is 7.16. The molecule has 5 nitrogen and oxygen atoms in total. The van der Waals surface area contributed by atoms with Gasteiger partial charge in [-0.2, -0.15) is 0 Å². The smallest absolute Gasteiger partial charge is 0.222 e. The number of amides is 1. The van der Waals surface area contributed by atoms with E-state index in [1.54, 1.807) is 11.3 Å². The van der Waals surface area contributed by atoms with Crippen LogP contribution in [0.2, 0.25) is 0 Å². The summed E-state index contributed by atoms with van der Waals surface area (Å²) >= 11 is 1.55. The van der Waals surface area contributed by atoms with Gasteiger partial charge in [0.2, 0.25) is 5.91 Å². The summed E-state index contributed by atoms with van der Waals surface area (Å²) in [6.45, 7) is 1.27. The van der Waals surface area contributed by atoms with Crippen molar-refractivity contribution in [3.05, 3.63) is 17.3 Å². The van der Waals surface area contributed by atoms with Crippen molar-refractivity contribution < 1.29 is 4.79 Å². The van der Waals surface area contributed by atoms with Gasteiger partial charge in [-0.3, -0.25) is 4.79 Å². The van der Waals surface area contributed by atoms with Crippen molar-refractivity contribution in [2.45, 2.75) is 32.2 Å². The Morgan fingerprint density at radius 1 is 1.32 bits per heavy atom. The lowest BCUT2D eigenvalue weighted by atomic mass is 10.2. The molecule has 0 radical (unpaired) electrons. The van der Waals surface area contributed by atoms with E-state index >= 15 is 0 Å². The number of thiophene rings is 1. The van der Waals surface area contributed by atoms with Crippen LogP contribution in [-0.4, -0.2) is 27.3 Å². The molecule has 1 aliphatic heterocycles. The summed E-state index contributed by atoms with van der Waals surface area (Å²) in [5, 5.41) is 2.85. The number of likely N-dealkylation sites (tertiary alicyclic amines) is 1. The molecule has 100 valence electrons. The highest BCUT2D eigenvalue weighted by atomic mass is 32.1. The topological polar surface area (TPSA) is 72.1 Å². The third-order valence-corrected chi connectivity index (χ3v) is 4.21. The van der Waals surface area contributed by atoms with Crippen LogP contribution >= 0.6 is 11.3 Å². The fraction of sp³-hybridized carbons (Fsp3) is 0.462. The van der Waals surface area contributed by atoms with Gasteiger partial charge in [0.1, 0.15) is 10.6 Å². The van der Waals surface area contributed by atoms with E-state index in [0.29, 0.717) is 24.6 Å². The summed E-state index contributed by atoms with van der Waals surface area (Å²) in [5.41, 5.74) is 5.92. The summed E-state index contributed by atoms with van der Waals surface area (Å²) in [4.78, 5) is 23.5. The predicted octanol–water partition coefficient (Wildman–Crippen LogP) is 2.18. The quantitative estimate of drug-likeness (QED) is 0.912. The molecule has 0 aromatic carbocycles. The largest absolute Gasteiger partial charge is 0.383 e. The van der Waals surface area contributed by atoms with E-state index in [9.17, 15) is 4.79 Å². The number of rotatable bonds is 2. The van der Waals surface area contributed by atoms with Gasteiger partial charge in [0.25, 0.3) is 0 Å². The van der Waals surface area contributed by atoms with Crippen LogP contribution in [0.3, 0.4) is 0 Å². The Morgan fingerprint density at radius 3 is 3.11 bits per heavy atom. The highest BCUT2D eigenvalue weighted by Crippen LogP contribution is 2.23. The lowest BCUT2D eigenvalue weighted by Crippen LogP contribution is -2.30. The van der Waals surface area contributed by atoms with Crippen molar-refractivity contribution in [1.82, 2.24) is 14.9 Å². The third kappa shape index (κ3) is 2.53. The van der Waals surface area contributed by atoms with Crippen LogP contribution in [-0.2, 0) is 11.3 Å². The number of carbonyl (C=O) groups is 1. The number of carbonyl (C=O) groups excluding carboxylic acids is 1. The first-order valence-corrected chi connectivity index (χ1v) is 7.39. The minimum Gasteiger partial charge on any atom is -0.383 e. The Hall–Kier alpha value is -1.69. The molecular formula is C13H16N4OS. The van der Waals surface area contributed by atoms with Crippen LogP contribution in [0.1, 0.15) is 31.5 Å². The second-order valence-corrected chi connectivity index (χ2v) is 5.69. The van der Waals surface area contributed by atoms with E-state index in [1.165, 1.54) is 0 Å². The Kier molecular flexibility index (Phi) is 3.33. The lowest BCUT2D eigenvalue weighted by Gasteiger charge is -2.19. The zero-order valence-corrected chi connectivity index (χ0v) is 11.4. The Bertz CT molecular complexity index is 610. The van der Waals surface area contributed by atoms with E-state index in [2.05, 4.69) is 9.97 Å². The van der Waals surface area contributed by atoms with Gasteiger partial charge < -0.3 is 10.6 Å². The zero-order chi connectivity index (χ0) is 13.2. The number of hydrogen-bond donors (Lipinski definition) is 1. The molecular weight excluding hydrogens is 260 g/mol. The SMILES string of the molecule is Nc1nc(CN2CCCCCC2=O)nc2sccc12. The molecule has 1 saturated heterocycles. The monoisotopic (exact) mass is 276 g/mol. The fourth-order valence-electron chi connectivity index (χ4n) is 2.37. The molecule has 2 aromatic rings. The average molecular weight is 276 g/mol. The van der Waals surface area contributed by atoms with Crippen LogP contribution in [0, 0.1) is 0 Å². The zero-order valence-electron chi connectivity index (χ0n) is 10.6. The molecule has 0 saturated carbocycles. The van der Waals surface area contributed by atoms with Gasteiger partial charge in [0, 0.05) is 13.0 Å². The van der Waals surface area contributed by atoms with Gasteiger partial charge in [-0.1, -0.05) is 6.42 Å². The van der Waals surface area contributed by atoms with Crippen molar-refractivity contribution in [1.29, 1.82) is 0 Å². The summed E-state index contributed by atoms with van der Waals surface area (Å²) in [7, 11) is 0. The number of nitrogens with two attached hydrogens (primary N) is 1. The minimum absolute atomic E-state index is 0.200. The first kappa shape index (κ1) is 12.3. The van der Waals surface area contributed by atoms with Crippen LogP contribution in [0.5, 0.6) is 0 Å². The van der Waals surface area contributed by atoms with Crippen molar-refractivity contribution >= 4 is 33.3 Å². The Morgan fingerprint density at radius 2 is 2.21 bits per heavy atom. The molecule has 0 unspecified atom stereocenters. The predicted molar refractivity (Wildman–Crippen MR) is 75.7 cm³/mol. The molecule has 1 fully saturated rings. The first-order chi connectivity index (χ1) is 9.24. The highest BCUT2D eigenvalue weighted by Gasteiger charge is 2.18. The molecule has 19 heavy (non-hydrogen) atoms. The molecule has 0 aliphatic carbocycles. The summed E-state index contributed by atoms with van der Waals surface area (Å²) in [6, 6.07) is 1.93. The van der Waals surface area contributed by atoms with Gasteiger partial charge in [0.05, 0.1) is 11.9 Å². The lowest BCUT2D eigenvalue weighted by molar-refractivity contribution is -0.131. The van der Waals surface area contributed by atoms with E-state index in [-0.39, 0.29) is 5.91 Å². The number of aromatic nitrogens is 2. The van der Waals surface area contributed by atoms with Crippen LogP contribution < -0.4 is 5.73 Å². The van der Waals surface area contributed by atoms with Crippen LogP contribution in [0.15, 0.2) is 11.4 Å². The second-order valence-electron chi connectivity index (χ2n) is 4.79. The number of nitrogen functional groups attached to an aromatic ring is 1. The fourth-order valence-corrected chi connectivity index (χ4v) is 3.16. The first-order valence-electron chi connectivity index (χ1n) is 6.51. The molecule has 0 bridgehead atoms. The van der Waals surface area contributed by atoms with Crippen molar-refractivity contribution in [3.63, 3.8) is 0 Å². The molecule has 0 atom stereocenters. The van der Waals surface area contributed by atoms with E-state index < -0.39 is 0 Å². The third-order valence-electron chi connectivity index (χ3n) is 3.40. The van der Waals surface area contributed by atoms with Gasteiger partial charge in [-0.05, 0) is 24.3 Å². The summed E-state index contributed by atoms with van der Waals surface area (Å²) < 4.78 is 0. The molecule has 2 aromatic heterocycles. The van der Waals surface area contributed by atoms with Crippen molar-refractivity contribution in [3.8, 4) is 0 Å². The molecule has 3 rings (SSSR count). The average Bonchev–Trinajstić information content (AvgIpc) is 2.77. The van der Waals surface area contributed by atoms with Gasteiger partial charge in [-0.25, -0.2) is 9.97 Å². The van der Waals surface area contributed by atoms with Crippen LogP contribution in [0.25, 0.3) is 10.2 Å². The molecule has 1 aliphatic rings. The molecule has 1 amide bonds. The minimum atomic E-state index is 0.200. The standard InChI is InChI=1S/C13H16N4OS/c14-12-9-5-7-19-13(9)16-10(15-12)8-17-6-3-1-2-4-11(17)18/h5,7H,1-4,6,8H2,(H2,14,15,16). The molecule has 3 heterocycles. The summed E-state index contributed by atoms with van der Waals surface area (Å²) in [6.07, 6.45) is 3.80. The number of hydrogen-bond acceptors (Lipinski definition) is 5. The number of fused-ring (bicyclic) bond motifs is 1. The van der Waals surface area contributed by atoms with Crippen molar-refractivity contribution in [2.24, 2.45) is 0 Å². The van der Waals surface area contributed by atoms with E-state index in [4.69, 9.17) is 5.73 Å². The van der Waals surface area contributed by atoms with Crippen LogP contribution in [0.4, 0.5) is 5.82 Å². The maximum atomic E-state index is 12.0. The second kappa shape index (κ2) is 5.13. The van der Waals surface area contributed by atoms with Crippen molar-refractivity contribution in [2.75, 3.05) is 12.3 Å². The van der Waals surface area contributed by atoms with E-state index in [0.717, 1.165) is 36.0 Å². The van der Waals surface area contributed by atoms with Gasteiger partial charge in [0.15, 0.2) is 5.82 Å². The van der Waals surface area contributed by atoms with Gasteiger partial charge in [-0.15, -0.1) is 11.3 Å². The number of anilines is 1. The molecule has 0 spiro atoms. The number of nitrogens with zero attached hydrogens (tertiary/aromatic N) is 3. The normalized spacial score (nSPS) is 16.8. The van der Waals surface area contributed by atoms with E-state index in [1.807, 2.05) is 16.3 Å². The maximum Gasteiger partial charge on any atom is 0.222 e. The Balaban J connectivity index is 1.85. The Labute approximate surface area is 115 Å². The summed E-state index contributed by atoms with van der Waals surface area (Å²) in [5.74, 6) is 1.34. The maximum absolute atomic E-state index is 12.0.